The fourth-order valence-electron chi connectivity index (χ4n) is 3.53. The Labute approximate surface area is 177 Å². The van der Waals surface area contributed by atoms with E-state index >= 15 is 0 Å². The van der Waals surface area contributed by atoms with Gasteiger partial charge in [0.05, 0.1) is 38.9 Å². The number of benzene rings is 1. The second kappa shape index (κ2) is 8.75. The number of hydrogen-bond donors (Lipinski definition) is 1. The summed E-state index contributed by atoms with van der Waals surface area (Å²) in [5.41, 5.74) is 0.565. The summed E-state index contributed by atoms with van der Waals surface area (Å²) >= 11 is 0. The van der Waals surface area contributed by atoms with Crippen LogP contribution >= 0.6 is 0 Å². The maximum Gasteiger partial charge on any atom is 0.410 e. The summed E-state index contributed by atoms with van der Waals surface area (Å²) in [4.78, 5) is 14.1. The van der Waals surface area contributed by atoms with Gasteiger partial charge >= 0.3 is 6.18 Å². The molecular weight excluding hydrogens is 415 g/mol. The Kier molecular flexibility index (Phi) is 6.29. The lowest BCUT2D eigenvalue weighted by molar-refractivity contribution is -0.173. The number of carbonyl (C=O) groups is 1. The zero-order valence-corrected chi connectivity index (χ0v) is 17.2. The molecule has 0 spiro atoms. The van der Waals surface area contributed by atoms with Gasteiger partial charge in [0.1, 0.15) is 11.4 Å². The molecule has 31 heavy (non-hydrogen) atoms. The lowest BCUT2D eigenvalue weighted by Gasteiger charge is -2.34. The number of fused-ring (bicyclic) bond motifs is 1. The van der Waals surface area contributed by atoms with Crippen LogP contribution in [0.5, 0.6) is 11.5 Å². The summed E-state index contributed by atoms with van der Waals surface area (Å²) in [5, 5.41) is 15.6. The molecule has 0 saturated heterocycles. The molecule has 8 nitrogen and oxygen atoms in total. The van der Waals surface area contributed by atoms with E-state index < -0.39 is 24.2 Å². The first-order valence-electron chi connectivity index (χ1n) is 9.46. The maximum atomic E-state index is 13.8. The summed E-state index contributed by atoms with van der Waals surface area (Å²) in [7, 11) is 4.40. The van der Waals surface area contributed by atoms with Crippen molar-refractivity contribution in [1.82, 2.24) is 14.7 Å². The Hall–Kier alpha value is -3.42. The second-order valence-corrected chi connectivity index (χ2v) is 7.09. The van der Waals surface area contributed by atoms with Crippen LogP contribution in [0.4, 0.5) is 19.0 Å². The van der Waals surface area contributed by atoms with Gasteiger partial charge in [0, 0.05) is 20.0 Å². The van der Waals surface area contributed by atoms with Crippen LogP contribution in [0.2, 0.25) is 0 Å². The molecule has 0 fully saturated rings. The van der Waals surface area contributed by atoms with Crippen LogP contribution in [0.25, 0.3) is 0 Å². The number of aromatic nitrogens is 2. The number of halogens is 3. The van der Waals surface area contributed by atoms with Crippen LogP contribution in [0.3, 0.4) is 0 Å². The lowest BCUT2D eigenvalue weighted by Crippen LogP contribution is -2.36. The summed E-state index contributed by atoms with van der Waals surface area (Å²) in [6.07, 6.45) is -3.64. The van der Waals surface area contributed by atoms with Crippen LogP contribution in [0, 0.1) is 11.3 Å². The van der Waals surface area contributed by atoms with E-state index in [1.54, 1.807) is 18.2 Å². The minimum Gasteiger partial charge on any atom is -0.493 e. The second-order valence-electron chi connectivity index (χ2n) is 7.09. The molecule has 0 bridgehead atoms. The highest BCUT2D eigenvalue weighted by molar-refractivity contribution is 5.98. The maximum absolute atomic E-state index is 13.8. The summed E-state index contributed by atoms with van der Waals surface area (Å²) in [5.74, 6) is 0.312. The molecule has 0 aliphatic carbocycles. The molecule has 1 N–H and O–H groups in total. The van der Waals surface area contributed by atoms with Crippen molar-refractivity contribution in [2.24, 2.45) is 0 Å². The normalized spacial score (nSPS) is 17.8. The molecule has 2 aromatic rings. The van der Waals surface area contributed by atoms with Crippen molar-refractivity contribution in [1.29, 1.82) is 5.26 Å². The van der Waals surface area contributed by atoms with Gasteiger partial charge in [-0.15, -0.1) is 0 Å². The molecule has 1 aliphatic heterocycles. The van der Waals surface area contributed by atoms with E-state index in [-0.39, 0.29) is 30.8 Å². The highest BCUT2D eigenvalue weighted by Gasteiger charge is 2.47. The van der Waals surface area contributed by atoms with E-state index in [0.29, 0.717) is 17.1 Å². The molecule has 1 aliphatic rings. The standard InChI is InChI=1S/C20H22F3N5O3/c1-27(8-4-7-24)19(29)13-11-25-28-17(20(21,22)23)10-14(26-18(13)28)12-5-6-15(30-2)16(9-12)31-3/h5-6,9,11,14,17,26H,4,8,10H2,1-3H3. The molecule has 2 atom stereocenters. The zero-order chi connectivity index (χ0) is 22.8. The van der Waals surface area contributed by atoms with Gasteiger partial charge in [-0.1, -0.05) is 6.07 Å². The predicted molar refractivity (Wildman–Crippen MR) is 105 cm³/mol. The average Bonchev–Trinajstić information content (AvgIpc) is 3.18. The Morgan fingerprint density at radius 2 is 2.06 bits per heavy atom. The lowest BCUT2D eigenvalue weighted by atomic mass is 9.96. The van der Waals surface area contributed by atoms with E-state index in [9.17, 15) is 18.0 Å². The molecule has 1 aromatic carbocycles. The van der Waals surface area contributed by atoms with Crippen molar-refractivity contribution in [2.75, 3.05) is 33.1 Å². The number of alkyl halides is 3. The van der Waals surface area contributed by atoms with Crippen molar-refractivity contribution in [2.45, 2.75) is 31.1 Å². The third kappa shape index (κ3) is 4.38. The molecule has 0 radical (unpaired) electrons. The Morgan fingerprint density at radius 3 is 2.68 bits per heavy atom. The number of carbonyl (C=O) groups excluding carboxylic acids is 1. The number of methoxy groups -OCH3 is 2. The van der Waals surface area contributed by atoms with Gasteiger partial charge in [-0.25, -0.2) is 4.68 Å². The minimum atomic E-state index is -4.56. The molecule has 166 valence electrons. The summed E-state index contributed by atoms with van der Waals surface area (Å²) in [6, 6.07) is 4.16. The van der Waals surface area contributed by atoms with Crippen LogP contribution in [-0.2, 0) is 0 Å². The van der Waals surface area contributed by atoms with Crippen molar-refractivity contribution in [3.05, 3.63) is 35.5 Å². The number of nitrogens with one attached hydrogen (secondary N) is 1. The number of rotatable bonds is 6. The first-order chi connectivity index (χ1) is 14.7. The number of ether oxygens (including phenoxy) is 2. The fourth-order valence-corrected chi connectivity index (χ4v) is 3.53. The van der Waals surface area contributed by atoms with Crippen LogP contribution < -0.4 is 14.8 Å². The number of nitriles is 1. The molecule has 2 unspecified atom stereocenters. The van der Waals surface area contributed by atoms with E-state index in [2.05, 4.69) is 10.4 Å². The van der Waals surface area contributed by atoms with Gasteiger partial charge in [-0.3, -0.25) is 4.79 Å². The first-order valence-corrected chi connectivity index (χ1v) is 9.46. The largest absolute Gasteiger partial charge is 0.493 e. The topological polar surface area (TPSA) is 92.4 Å². The Morgan fingerprint density at radius 1 is 1.35 bits per heavy atom. The van der Waals surface area contributed by atoms with E-state index in [0.717, 1.165) is 10.9 Å². The summed E-state index contributed by atoms with van der Waals surface area (Å²) in [6.45, 7) is 0.155. The Balaban J connectivity index is 2.01. The number of anilines is 1. The van der Waals surface area contributed by atoms with Crippen LogP contribution in [-0.4, -0.2) is 54.6 Å². The molecule has 1 aromatic heterocycles. The third-order valence-electron chi connectivity index (χ3n) is 5.18. The highest BCUT2D eigenvalue weighted by atomic mass is 19.4. The van der Waals surface area contributed by atoms with Gasteiger partial charge in [0.25, 0.3) is 5.91 Å². The number of hydrogen-bond acceptors (Lipinski definition) is 6. The average molecular weight is 437 g/mol. The van der Waals surface area contributed by atoms with Crippen molar-refractivity contribution in [3.8, 4) is 17.6 Å². The number of amides is 1. The van der Waals surface area contributed by atoms with Crippen molar-refractivity contribution < 1.29 is 27.4 Å². The molecule has 1 amide bonds. The molecule has 0 saturated carbocycles. The van der Waals surface area contributed by atoms with Gasteiger partial charge < -0.3 is 19.7 Å². The SMILES string of the molecule is COc1ccc(C2CC(C(F)(F)F)n3ncc(C(=O)N(C)CCC#N)c3N2)cc1OC. The number of nitrogens with zero attached hydrogens (tertiary/aromatic N) is 4. The van der Waals surface area contributed by atoms with Gasteiger partial charge in [-0.05, 0) is 17.7 Å². The molecule has 3 rings (SSSR count). The van der Waals surface area contributed by atoms with E-state index in [4.69, 9.17) is 14.7 Å². The van der Waals surface area contributed by atoms with Crippen molar-refractivity contribution >= 4 is 11.7 Å². The fraction of sp³-hybridized carbons (Fsp3) is 0.450. The van der Waals surface area contributed by atoms with Gasteiger partial charge in [0.2, 0.25) is 0 Å². The van der Waals surface area contributed by atoms with Crippen LogP contribution in [0.1, 0.15) is 40.8 Å². The van der Waals surface area contributed by atoms with Gasteiger partial charge in [-0.2, -0.15) is 23.5 Å². The quantitative estimate of drug-likeness (QED) is 0.743. The minimum absolute atomic E-state index is 0.0119. The van der Waals surface area contributed by atoms with Gasteiger partial charge in [0.15, 0.2) is 17.5 Å². The monoisotopic (exact) mass is 437 g/mol. The molecule has 11 heteroatoms. The van der Waals surface area contributed by atoms with Crippen molar-refractivity contribution in [3.63, 3.8) is 0 Å². The smallest absolute Gasteiger partial charge is 0.410 e. The summed E-state index contributed by atoms with van der Waals surface area (Å²) < 4.78 is 52.8. The van der Waals surface area contributed by atoms with Crippen LogP contribution in [0.15, 0.2) is 24.4 Å². The van der Waals surface area contributed by atoms with E-state index in [1.165, 1.54) is 26.2 Å². The predicted octanol–water partition coefficient (Wildman–Crippen LogP) is 3.55. The molecular formula is C20H22F3N5O3. The third-order valence-corrected chi connectivity index (χ3v) is 5.18. The van der Waals surface area contributed by atoms with E-state index in [1.807, 2.05) is 6.07 Å². The molecule has 2 heterocycles. The first kappa shape index (κ1) is 22.3. The highest BCUT2D eigenvalue weighted by Crippen LogP contribution is 2.45. The Bertz CT molecular complexity index is 999. The zero-order valence-electron chi connectivity index (χ0n) is 17.2.